The molecule has 3 aliphatic rings. The first-order valence-corrected chi connectivity index (χ1v) is 9.90. The lowest BCUT2D eigenvalue weighted by atomic mass is 9.76. The van der Waals surface area contributed by atoms with Gasteiger partial charge in [-0.3, -0.25) is 14.5 Å². The number of rotatable bonds is 4. The van der Waals surface area contributed by atoms with Crippen LogP contribution in [0.3, 0.4) is 0 Å². The standard InChI is InChI=1S/C21H29N3O2/c1-22(11-16-6-3-2-4-7-16)21(26)15-23-12-17-10-18(14-23)19-8-5-9-20(25)24(19)13-17/h2-4,6-7,17-19H,5,8-15H2,1H3/t17?,18?,19-/m1/s1. The molecule has 0 saturated carbocycles. The molecule has 3 aliphatic heterocycles. The van der Waals surface area contributed by atoms with Gasteiger partial charge in [-0.25, -0.2) is 0 Å². The zero-order valence-electron chi connectivity index (χ0n) is 15.6. The van der Waals surface area contributed by atoms with Gasteiger partial charge in [0, 0.05) is 45.7 Å². The molecule has 1 aromatic carbocycles. The van der Waals surface area contributed by atoms with Crippen molar-refractivity contribution in [1.82, 2.24) is 14.7 Å². The predicted octanol–water partition coefficient (Wildman–Crippen LogP) is 1.98. The second-order valence-electron chi connectivity index (χ2n) is 8.30. The molecule has 3 atom stereocenters. The zero-order chi connectivity index (χ0) is 18.1. The van der Waals surface area contributed by atoms with Crippen LogP contribution in [0.4, 0.5) is 0 Å². The maximum Gasteiger partial charge on any atom is 0.236 e. The molecule has 0 aliphatic carbocycles. The highest BCUT2D eigenvalue weighted by Gasteiger charge is 2.44. The summed E-state index contributed by atoms with van der Waals surface area (Å²) in [6, 6.07) is 10.5. The van der Waals surface area contributed by atoms with Gasteiger partial charge >= 0.3 is 0 Å². The molecule has 0 aromatic heterocycles. The second kappa shape index (κ2) is 7.39. The van der Waals surface area contributed by atoms with Crippen molar-refractivity contribution in [2.75, 3.05) is 33.2 Å². The number of hydrogen-bond acceptors (Lipinski definition) is 3. The summed E-state index contributed by atoms with van der Waals surface area (Å²) < 4.78 is 0. The maximum absolute atomic E-state index is 12.7. The van der Waals surface area contributed by atoms with Gasteiger partial charge in [-0.05, 0) is 36.7 Å². The van der Waals surface area contributed by atoms with Crippen molar-refractivity contribution >= 4 is 11.8 Å². The summed E-state index contributed by atoms with van der Waals surface area (Å²) >= 11 is 0. The Morgan fingerprint density at radius 3 is 2.81 bits per heavy atom. The number of carbonyl (C=O) groups excluding carboxylic acids is 2. The van der Waals surface area contributed by atoms with Crippen LogP contribution in [-0.4, -0.2) is 65.8 Å². The van der Waals surface area contributed by atoms with Gasteiger partial charge in [0.25, 0.3) is 0 Å². The molecule has 0 radical (unpaired) electrons. The number of hydrogen-bond donors (Lipinski definition) is 0. The number of nitrogens with zero attached hydrogens (tertiary/aromatic N) is 3. The molecule has 3 saturated heterocycles. The fourth-order valence-electron chi connectivity index (χ4n) is 5.10. The molecule has 5 heteroatoms. The Hall–Kier alpha value is -1.88. The van der Waals surface area contributed by atoms with Crippen molar-refractivity contribution in [3.05, 3.63) is 35.9 Å². The summed E-state index contributed by atoms with van der Waals surface area (Å²) in [6.45, 7) is 3.95. The Morgan fingerprint density at radius 1 is 1.19 bits per heavy atom. The average Bonchev–Trinajstić information content (AvgIpc) is 2.63. The van der Waals surface area contributed by atoms with Crippen molar-refractivity contribution < 1.29 is 9.59 Å². The van der Waals surface area contributed by atoms with E-state index >= 15 is 0 Å². The molecule has 4 rings (SSSR count). The van der Waals surface area contributed by atoms with Gasteiger partial charge in [0.1, 0.15) is 0 Å². The molecular weight excluding hydrogens is 326 g/mol. The van der Waals surface area contributed by atoms with E-state index in [1.54, 1.807) is 0 Å². The van der Waals surface area contributed by atoms with Crippen LogP contribution in [0.25, 0.3) is 0 Å². The van der Waals surface area contributed by atoms with Gasteiger partial charge in [-0.2, -0.15) is 0 Å². The summed E-state index contributed by atoms with van der Waals surface area (Å²) in [7, 11) is 1.89. The Morgan fingerprint density at radius 2 is 2.00 bits per heavy atom. The first-order chi connectivity index (χ1) is 12.6. The minimum absolute atomic E-state index is 0.186. The van der Waals surface area contributed by atoms with E-state index in [1.807, 2.05) is 30.1 Å². The molecule has 1 aromatic rings. The van der Waals surface area contributed by atoms with Crippen molar-refractivity contribution in [3.63, 3.8) is 0 Å². The van der Waals surface area contributed by atoms with Crippen molar-refractivity contribution in [1.29, 1.82) is 0 Å². The van der Waals surface area contributed by atoms with Gasteiger partial charge in [-0.15, -0.1) is 0 Å². The Balaban J connectivity index is 1.35. The number of amides is 2. The number of likely N-dealkylation sites (N-methyl/N-ethyl adjacent to an activating group) is 1. The molecule has 140 valence electrons. The predicted molar refractivity (Wildman–Crippen MR) is 100 cm³/mol. The van der Waals surface area contributed by atoms with Crippen LogP contribution in [0.1, 0.15) is 31.2 Å². The van der Waals surface area contributed by atoms with Crippen LogP contribution in [0.2, 0.25) is 0 Å². The fourth-order valence-corrected chi connectivity index (χ4v) is 5.10. The first-order valence-electron chi connectivity index (χ1n) is 9.90. The van der Waals surface area contributed by atoms with Crippen LogP contribution >= 0.6 is 0 Å². The molecule has 2 amide bonds. The van der Waals surface area contributed by atoms with E-state index in [4.69, 9.17) is 0 Å². The summed E-state index contributed by atoms with van der Waals surface area (Å²) in [4.78, 5) is 31.2. The third-order valence-electron chi connectivity index (χ3n) is 6.30. The molecule has 0 N–H and O–H groups in total. The summed E-state index contributed by atoms with van der Waals surface area (Å²) in [5.74, 6) is 1.60. The Labute approximate surface area is 155 Å². The van der Waals surface area contributed by atoms with Crippen molar-refractivity contribution in [2.45, 2.75) is 38.3 Å². The molecule has 0 spiro atoms. The highest BCUT2D eigenvalue weighted by molar-refractivity contribution is 5.78. The molecule has 3 heterocycles. The topological polar surface area (TPSA) is 43.9 Å². The van der Waals surface area contributed by atoms with Crippen molar-refractivity contribution in [2.24, 2.45) is 11.8 Å². The van der Waals surface area contributed by atoms with Gasteiger partial charge in [-0.1, -0.05) is 30.3 Å². The number of benzene rings is 1. The highest BCUT2D eigenvalue weighted by Crippen LogP contribution is 2.37. The van der Waals surface area contributed by atoms with Crippen LogP contribution in [0.15, 0.2) is 30.3 Å². The molecule has 2 bridgehead atoms. The average molecular weight is 355 g/mol. The van der Waals surface area contributed by atoms with E-state index in [2.05, 4.69) is 21.9 Å². The van der Waals surface area contributed by atoms with Crippen LogP contribution in [0, 0.1) is 11.8 Å². The lowest BCUT2D eigenvalue weighted by molar-refractivity contribution is -0.146. The molecule has 26 heavy (non-hydrogen) atoms. The minimum atomic E-state index is 0.186. The number of likely N-dealkylation sites (tertiary alicyclic amines) is 1. The van der Waals surface area contributed by atoms with E-state index in [0.717, 1.165) is 44.5 Å². The third kappa shape index (κ3) is 3.63. The molecule has 2 unspecified atom stereocenters. The monoisotopic (exact) mass is 355 g/mol. The lowest BCUT2D eigenvalue weighted by Gasteiger charge is -2.52. The molecule has 3 fully saturated rings. The maximum atomic E-state index is 12.7. The summed E-state index contributed by atoms with van der Waals surface area (Å²) in [6.07, 6.45) is 4.11. The largest absolute Gasteiger partial charge is 0.340 e. The van der Waals surface area contributed by atoms with Gasteiger partial charge < -0.3 is 9.80 Å². The van der Waals surface area contributed by atoms with Crippen LogP contribution in [0.5, 0.6) is 0 Å². The zero-order valence-corrected chi connectivity index (χ0v) is 15.6. The third-order valence-corrected chi connectivity index (χ3v) is 6.30. The molecule has 5 nitrogen and oxygen atoms in total. The van der Waals surface area contributed by atoms with E-state index < -0.39 is 0 Å². The fraction of sp³-hybridized carbons (Fsp3) is 0.619. The smallest absolute Gasteiger partial charge is 0.236 e. The number of fused-ring (bicyclic) bond motifs is 4. The molecular formula is C21H29N3O2. The van der Waals surface area contributed by atoms with Crippen molar-refractivity contribution in [3.8, 4) is 0 Å². The SMILES string of the molecule is CN(Cc1ccccc1)C(=O)CN1CC2CC(C1)[C@H]1CCCC(=O)N1C2. The van der Waals surface area contributed by atoms with Gasteiger partial charge in [0.2, 0.25) is 11.8 Å². The highest BCUT2D eigenvalue weighted by atomic mass is 16.2. The van der Waals surface area contributed by atoms with E-state index in [0.29, 0.717) is 36.9 Å². The van der Waals surface area contributed by atoms with E-state index in [-0.39, 0.29) is 5.91 Å². The van der Waals surface area contributed by atoms with Crippen LogP contribution in [-0.2, 0) is 16.1 Å². The van der Waals surface area contributed by atoms with Gasteiger partial charge in [0.15, 0.2) is 0 Å². The normalized spacial score (nSPS) is 28.6. The van der Waals surface area contributed by atoms with Gasteiger partial charge in [0.05, 0.1) is 6.54 Å². The Kier molecular flexibility index (Phi) is 4.98. The second-order valence-corrected chi connectivity index (χ2v) is 8.30. The van der Waals surface area contributed by atoms with E-state index in [9.17, 15) is 9.59 Å². The quantitative estimate of drug-likeness (QED) is 0.830. The minimum Gasteiger partial charge on any atom is -0.340 e. The summed E-state index contributed by atoms with van der Waals surface area (Å²) in [5.41, 5.74) is 1.16. The summed E-state index contributed by atoms with van der Waals surface area (Å²) in [5, 5.41) is 0. The van der Waals surface area contributed by atoms with Crippen LogP contribution < -0.4 is 0 Å². The van der Waals surface area contributed by atoms with E-state index in [1.165, 1.54) is 6.42 Å². The number of piperidine rings is 3. The lowest BCUT2D eigenvalue weighted by Crippen LogP contribution is -2.61. The number of carbonyl (C=O) groups is 2. The first kappa shape index (κ1) is 17.5. The Bertz CT molecular complexity index is 662.